The highest BCUT2D eigenvalue weighted by atomic mass is 16.5. The fourth-order valence-electron chi connectivity index (χ4n) is 2.05. The molecule has 0 saturated heterocycles. The topological polar surface area (TPSA) is 35.2 Å². The predicted octanol–water partition coefficient (Wildman–Crippen LogP) is 3.16. The average Bonchev–Trinajstić information content (AvgIpc) is 2.29. The molecule has 0 aliphatic carbocycles. The molecule has 2 heteroatoms. The number of hydrogen-bond donors (Lipinski definition) is 1. The molecule has 1 aromatic carbocycles. The third-order valence-electron chi connectivity index (χ3n) is 3.76. The lowest BCUT2D eigenvalue weighted by Crippen LogP contribution is -2.22. The molecule has 16 heavy (non-hydrogen) atoms. The first-order valence-electron chi connectivity index (χ1n) is 6.07. The summed E-state index contributed by atoms with van der Waals surface area (Å²) in [6.45, 7) is 7.49. The molecule has 0 aromatic heterocycles. The summed E-state index contributed by atoms with van der Waals surface area (Å²) < 4.78 is 5.62. The van der Waals surface area contributed by atoms with Crippen LogP contribution in [0.5, 0.6) is 5.75 Å². The second-order valence-electron chi connectivity index (χ2n) is 5.23. The maximum absolute atomic E-state index is 6.12. The van der Waals surface area contributed by atoms with Crippen LogP contribution in [0.1, 0.15) is 50.8 Å². The van der Waals surface area contributed by atoms with E-state index >= 15 is 0 Å². The molecule has 0 amide bonds. The van der Waals surface area contributed by atoms with Crippen LogP contribution in [0.4, 0.5) is 0 Å². The Bertz CT molecular complexity index is 384. The van der Waals surface area contributed by atoms with Gasteiger partial charge >= 0.3 is 0 Å². The summed E-state index contributed by atoms with van der Waals surface area (Å²) >= 11 is 0. The molecule has 1 heterocycles. The molecule has 1 aromatic rings. The number of benzene rings is 1. The van der Waals surface area contributed by atoms with Crippen molar-refractivity contribution >= 4 is 0 Å². The van der Waals surface area contributed by atoms with Gasteiger partial charge in [0.15, 0.2) is 0 Å². The molecule has 0 radical (unpaired) electrons. The Hall–Kier alpha value is -1.02. The van der Waals surface area contributed by atoms with Crippen molar-refractivity contribution in [3.05, 3.63) is 29.3 Å². The zero-order chi connectivity index (χ0) is 11.8. The van der Waals surface area contributed by atoms with Gasteiger partial charge in [0.2, 0.25) is 0 Å². The van der Waals surface area contributed by atoms with Crippen LogP contribution >= 0.6 is 0 Å². The van der Waals surface area contributed by atoms with E-state index < -0.39 is 0 Å². The van der Waals surface area contributed by atoms with Crippen molar-refractivity contribution < 1.29 is 4.74 Å². The molecule has 0 bridgehead atoms. The maximum Gasteiger partial charge on any atom is 0.124 e. The Labute approximate surface area is 97.8 Å². The number of fused-ring (bicyclic) bond motifs is 1. The molecule has 0 saturated carbocycles. The molecule has 2 nitrogen and oxygen atoms in total. The van der Waals surface area contributed by atoms with Crippen LogP contribution in [0.25, 0.3) is 0 Å². The van der Waals surface area contributed by atoms with Crippen LogP contribution < -0.4 is 10.5 Å². The van der Waals surface area contributed by atoms with Crippen LogP contribution in [-0.2, 0) is 5.41 Å². The van der Waals surface area contributed by atoms with Crippen LogP contribution in [0.15, 0.2) is 18.2 Å². The van der Waals surface area contributed by atoms with Crippen molar-refractivity contribution in [3.63, 3.8) is 0 Å². The lowest BCUT2D eigenvalue weighted by Gasteiger charge is -2.28. The summed E-state index contributed by atoms with van der Waals surface area (Å²) in [4.78, 5) is 0. The highest BCUT2D eigenvalue weighted by molar-refractivity contribution is 5.42. The van der Waals surface area contributed by atoms with Gasteiger partial charge in [-0.2, -0.15) is 0 Å². The van der Waals surface area contributed by atoms with Crippen LogP contribution in [0.3, 0.4) is 0 Å². The lowest BCUT2D eigenvalue weighted by atomic mass is 9.80. The smallest absolute Gasteiger partial charge is 0.124 e. The molecule has 1 unspecified atom stereocenters. The van der Waals surface area contributed by atoms with Crippen molar-refractivity contribution in [1.29, 1.82) is 0 Å². The molecule has 0 spiro atoms. The molecule has 1 aliphatic rings. The average molecular weight is 219 g/mol. The number of ether oxygens (including phenoxy) is 1. The van der Waals surface area contributed by atoms with Gasteiger partial charge in [-0.3, -0.25) is 0 Å². The Morgan fingerprint density at radius 3 is 2.88 bits per heavy atom. The first-order valence-corrected chi connectivity index (χ1v) is 6.07. The van der Waals surface area contributed by atoms with E-state index in [0.717, 1.165) is 25.2 Å². The van der Waals surface area contributed by atoms with Gasteiger partial charge in [0.1, 0.15) is 5.75 Å². The zero-order valence-electron chi connectivity index (χ0n) is 10.4. The highest BCUT2D eigenvalue weighted by Crippen LogP contribution is 2.35. The lowest BCUT2D eigenvalue weighted by molar-refractivity contribution is 0.268. The largest absolute Gasteiger partial charge is 0.493 e. The van der Waals surface area contributed by atoms with Crippen LogP contribution in [-0.4, -0.2) is 6.61 Å². The van der Waals surface area contributed by atoms with Gasteiger partial charge in [0.25, 0.3) is 0 Å². The van der Waals surface area contributed by atoms with Gasteiger partial charge in [-0.15, -0.1) is 0 Å². The second kappa shape index (κ2) is 4.10. The zero-order valence-corrected chi connectivity index (χ0v) is 10.4. The quantitative estimate of drug-likeness (QED) is 0.829. The van der Waals surface area contributed by atoms with E-state index in [-0.39, 0.29) is 11.5 Å². The second-order valence-corrected chi connectivity index (χ2v) is 5.23. The fourth-order valence-corrected chi connectivity index (χ4v) is 2.05. The predicted molar refractivity (Wildman–Crippen MR) is 66.8 cm³/mol. The van der Waals surface area contributed by atoms with Gasteiger partial charge < -0.3 is 10.5 Å². The number of nitrogens with two attached hydrogens (primary N) is 1. The first kappa shape index (κ1) is 11.5. The maximum atomic E-state index is 6.12. The van der Waals surface area contributed by atoms with E-state index in [1.807, 2.05) is 0 Å². The van der Waals surface area contributed by atoms with Crippen molar-refractivity contribution in [2.24, 2.45) is 5.73 Å². The normalized spacial score (nSPS) is 20.1. The van der Waals surface area contributed by atoms with Gasteiger partial charge in [0.05, 0.1) is 6.61 Å². The summed E-state index contributed by atoms with van der Waals surface area (Å²) in [5.74, 6) is 0.967. The van der Waals surface area contributed by atoms with Gasteiger partial charge in [0, 0.05) is 18.0 Å². The first-order chi connectivity index (χ1) is 7.54. The van der Waals surface area contributed by atoms with Crippen molar-refractivity contribution in [2.45, 2.75) is 45.1 Å². The molecule has 2 rings (SSSR count). The fraction of sp³-hybridized carbons (Fsp3) is 0.571. The third-order valence-corrected chi connectivity index (χ3v) is 3.76. The summed E-state index contributed by atoms with van der Waals surface area (Å²) in [6, 6.07) is 6.60. The van der Waals surface area contributed by atoms with E-state index in [2.05, 4.69) is 39.0 Å². The Kier molecular flexibility index (Phi) is 2.94. The minimum atomic E-state index is 0.136. The third kappa shape index (κ3) is 1.94. The molecule has 2 N–H and O–H groups in total. The Balaban J connectivity index is 2.41. The SMILES string of the molecule is CCC(C)(C)c1ccc2c(c1)C(N)CCO2. The van der Waals surface area contributed by atoms with E-state index in [1.54, 1.807) is 0 Å². The molecule has 1 atom stereocenters. The monoisotopic (exact) mass is 219 g/mol. The van der Waals surface area contributed by atoms with Crippen LogP contribution in [0.2, 0.25) is 0 Å². The van der Waals surface area contributed by atoms with Crippen molar-refractivity contribution in [3.8, 4) is 5.75 Å². The van der Waals surface area contributed by atoms with E-state index in [4.69, 9.17) is 10.5 Å². The van der Waals surface area contributed by atoms with E-state index in [1.165, 1.54) is 11.1 Å². The summed E-state index contributed by atoms with van der Waals surface area (Å²) in [5.41, 5.74) is 8.86. The van der Waals surface area contributed by atoms with Crippen molar-refractivity contribution in [2.75, 3.05) is 6.61 Å². The minimum absolute atomic E-state index is 0.136. The van der Waals surface area contributed by atoms with Gasteiger partial charge in [-0.25, -0.2) is 0 Å². The molecule has 0 fully saturated rings. The standard InChI is InChI=1S/C14H21NO/c1-4-14(2,3)10-5-6-13-11(9-10)12(15)7-8-16-13/h5-6,9,12H,4,7-8,15H2,1-3H3. The van der Waals surface area contributed by atoms with Gasteiger partial charge in [-0.1, -0.05) is 26.8 Å². The molecular formula is C14H21NO. The molecule has 1 aliphatic heterocycles. The van der Waals surface area contributed by atoms with Crippen molar-refractivity contribution in [1.82, 2.24) is 0 Å². The highest BCUT2D eigenvalue weighted by Gasteiger charge is 2.23. The summed E-state index contributed by atoms with van der Waals surface area (Å²) in [6.07, 6.45) is 2.05. The molecular weight excluding hydrogens is 198 g/mol. The summed E-state index contributed by atoms with van der Waals surface area (Å²) in [5, 5.41) is 0. The molecule has 88 valence electrons. The minimum Gasteiger partial charge on any atom is -0.493 e. The van der Waals surface area contributed by atoms with Crippen LogP contribution in [0, 0.1) is 0 Å². The number of rotatable bonds is 2. The summed E-state index contributed by atoms with van der Waals surface area (Å²) in [7, 11) is 0. The Morgan fingerprint density at radius 1 is 1.44 bits per heavy atom. The van der Waals surface area contributed by atoms with E-state index in [0.29, 0.717) is 0 Å². The Morgan fingerprint density at radius 2 is 2.19 bits per heavy atom. The number of hydrogen-bond acceptors (Lipinski definition) is 2. The van der Waals surface area contributed by atoms with Gasteiger partial charge in [-0.05, 0) is 29.5 Å². The van der Waals surface area contributed by atoms with E-state index in [9.17, 15) is 0 Å².